The number of rotatable bonds is 6. The molecule has 21 heavy (non-hydrogen) atoms. The van der Waals surface area contributed by atoms with Crippen molar-refractivity contribution in [3.63, 3.8) is 0 Å². The second-order valence-corrected chi connectivity index (χ2v) is 7.00. The van der Waals surface area contributed by atoms with Gasteiger partial charge in [0.2, 0.25) is 10.0 Å². The van der Waals surface area contributed by atoms with E-state index in [1.54, 1.807) is 13.8 Å². The Balaban J connectivity index is 0.00000400. The van der Waals surface area contributed by atoms with Crippen molar-refractivity contribution >= 4 is 38.4 Å². The highest BCUT2D eigenvalue weighted by Gasteiger charge is 2.32. The van der Waals surface area contributed by atoms with Crippen LogP contribution in [0.25, 0.3) is 0 Å². The predicted octanol–water partition coefficient (Wildman–Crippen LogP) is 2.94. The average Bonchev–Trinajstić information content (AvgIpc) is 2.40. The van der Waals surface area contributed by atoms with Crippen LogP contribution in [0, 0.1) is 11.6 Å². The molecule has 0 saturated carbocycles. The smallest absolute Gasteiger partial charge is 0.244 e. The highest BCUT2D eigenvalue weighted by atomic mass is 79.9. The van der Waals surface area contributed by atoms with Gasteiger partial charge in [-0.05, 0) is 40.9 Å². The number of sulfonamides is 1. The molecular formula is C12H18BrClF2N2O2S. The van der Waals surface area contributed by atoms with Crippen molar-refractivity contribution in [2.75, 3.05) is 6.54 Å². The summed E-state index contributed by atoms with van der Waals surface area (Å²) in [4.78, 5) is -0.724. The van der Waals surface area contributed by atoms with Crippen LogP contribution in [0.15, 0.2) is 21.5 Å². The molecule has 3 N–H and O–H groups in total. The molecule has 0 radical (unpaired) electrons. The summed E-state index contributed by atoms with van der Waals surface area (Å²) in [5.41, 5.74) is 4.74. The molecule has 0 aliphatic rings. The van der Waals surface area contributed by atoms with E-state index in [0.717, 1.165) is 6.07 Å². The molecule has 0 atom stereocenters. The molecule has 1 aromatic carbocycles. The first kappa shape index (κ1) is 20.7. The fourth-order valence-electron chi connectivity index (χ4n) is 1.77. The van der Waals surface area contributed by atoms with Crippen molar-refractivity contribution in [2.24, 2.45) is 5.73 Å². The van der Waals surface area contributed by atoms with E-state index in [4.69, 9.17) is 5.73 Å². The van der Waals surface area contributed by atoms with Gasteiger partial charge in [-0.2, -0.15) is 0 Å². The zero-order valence-electron chi connectivity index (χ0n) is 11.6. The maximum atomic E-state index is 13.8. The molecule has 0 heterocycles. The minimum atomic E-state index is -4.19. The van der Waals surface area contributed by atoms with Crippen molar-refractivity contribution in [1.29, 1.82) is 0 Å². The highest BCUT2D eigenvalue weighted by molar-refractivity contribution is 9.10. The van der Waals surface area contributed by atoms with E-state index in [0.29, 0.717) is 18.9 Å². The maximum Gasteiger partial charge on any atom is 0.244 e. The van der Waals surface area contributed by atoms with Gasteiger partial charge in [0.15, 0.2) is 0 Å². The SMILES string of the molecule is CCC(CC)(CN)NS(=O)(=O)c1cc(F)c(Br)cc1F.Cl. The van der Waals surface area contributed by atoms with Crippen LogP contribution in [-0.2, 0) is 10.0 Å². The van der Waals surface area contributed by atoms with E-state index in [2.05, 4.69) is 20.7 Å². The molecule has 4 nitrogen and oxygen atoms in total. The molecule has 0 bridgehead atoms. The number of hydrogen-bond donors (Lipinski definition) is 2. The number of nitrogens with two attached hydrogens (primary N) is 1. The summed E-state index contributed by atoms with van der Waals surface area (Å²) in [5.74, 6) is -1.87. The van der Waals surface area contributed by atoms with Gasteiger partial charge in [-0.15, -0.1) is 12.4 Å². The summed E-state index contributed by atoms with van der Waals surface area (Å²) in [5, 5.41) is 0. The van der Waals surface area contributed by atoms with Crippen LogP contribution in [0.4, 0.5) is 8.78 Å². The molecule has 9 heteroatoms. The van der Waals surface area contributed by atoms with Crippen LogP contribution in [0.1, 0.15) is 26.7 Å². The Morgan fingerprint density at radius 1 is 1.24 bits per heavy atom. The van der Waals surface area contributed by atoms with Crippen LogP contribution in [-0.4, -0.2) is 20.5 Å². The fraction of sp³-hybridized carbons (Fsp3) is 0.500. The molecule has 122 valence electrons. The standard InChI is InChI=1S/C12H17BrF2N2O2S.ClH/c1-3-12(4-2,7-16)17-20(18,19)11-6-9(14)8(13)5-10(11)15;/h5-6,17H,3-4,7,16H2,1-2H3;1H. The Kier molecular flexibility index (Phi) is 7.72. The normalized spacial score (nSPS) is 12.1. The van der Waals surface area contributed by atoms with Crippen LogP contribution in [0.2, 0.25) is 0 Å². The first-order valence-corrected chi connectivity index (χ1v) is 8.37. The summed E-state index contributed by atoms with van der Waals surface area (Å²) < 4.78 is 53.9. The Morgan fingerprint density at radius 2 is 1.76 bits per heavy atom. The minimum absolute atomic E-state index is 0. The second-order valence-electron chi connectivity index (χ2n) is 4.49. The third kappa shape index (κ3) is 4.59. The third-order valence-corrected chi connectivity index (χ3v) is 5.56. The van der Waals surface area contributed by atoms with E-state index in [1.165, 1.54) is 0 Å². The molecule has 1 rings (SSSR count). The van der Waals surface area contributed by atoms with Crippen molar-refractivity contribution in [2.45, 2.75) is 37.1 Å². The molecule has 0 fully saturated rings. The Morgan fingerprint density at radius 3 is 2.19 bits per heavy atom. The van der Waals surface area contributed by atoms with Crippen LogP contribution < -0.4 is 10.5 Å². The summed E-state index contributed by atoms with van der Waals surface area (Å²) in [7, 11) is -4.19. The van der Waals surface area contributed by atoms with E-state index in [9.17, 15) is 17.2 Å². The van der Waals surface area contributed by atoms with Gasteiger partial charge in [-0.3, -0.25) is 0 Å². The first-order chi connectivity index (χ1) is 9.21. The first-order valence-electron chi connectivity index (χ1n) is 6.10. The lowest BCUT2D eigenvalue weighted by atomic mass is 9.95. The molecule has 0 spiro atoms. The van der Waals surface area contributed by atoms with Crippen molar-refractivity contribution in [3.05, 3.63) is 28.2 Å². The van der Waals surface area contributed by atoms with Gasteiger partial charge < -0.3 is 5.73 Å². The number of benzene rings is 1. The average molecular weight is 408 g/mol. The van der Waals surface area contributed by atoms with Crippen molar-refractivity contribution in [1.82, 2.24) is 4.72 Å². The topological polar surface area (TPSA) is 72.2 Å². The van der Waals surface area contributed by atoms with Gasteiger partial charge in [-0.25, -0.2) is 21.9 Å². The van der Waals surface area contributed by atoms with Gasteiger partial charge >= 0.3 is 0 Å². The molecular weight excluding hydrogens is 390 g/mol. The molecule has 0 aliphatic heterocycles. The van der Waals surface area contributed by atoms with Gasteiger partial charge in [-0.1, -0.05) is 13.8 Å². The fourth-order valence-corrected chi connectivity index (χ4v) is 3.72. The number of nitrogens with one attached hydrogen (secondary N) is 1. The van der Waals surface area contributed by atoms with Gasteiger partial charge in [0, 0.05) is 12.1 Å². The molecule has 1 aromatic rings. The summed E-state index contributed by atoms with van der Waals surface area (Å²) in [6.07, 6.45) is 0.889. The van der Waals surface area contributed by atoms with Crippen molar-refractivity contribution < 1.29 is 17.2 Å². The third-order valence-electron chi connectivity index (χ3n) is 3.36. The van der Waals surface area contributed by atoms with Gasteiger partial charge in [0.05, 0.1) is 4.47 Å². The van der Waals surface area contributed by atoms with Crippen LogP contribution in [0.5, 0.6) is 0 Å². The zero-order chi connectivity index (χ0) is 15.6. The Hall–Kier alpha value is -0.280. The lowest BCUT2D eigenvalue weighted by Gasteiger charge is -2.31. The molecule has 0 aromatic heterocycles. The highest BCUT2D eigenvalue weighted by Crippen LogP contribution is 2.25. The predicted molar refractivity (Wildman–Crippen MR) is 84.0 cm³/mol. The second kappa shape index (κ2) is 7.82. The summed E-state index contributed by atoms with van der Waals surface area (Å²) in [6.45, 7) is 3.62. The number of hydrogen-bond acceptors (Lipinski definition) is 3. The monoisotopic (exact) mass is 406 g/mol. The van der Waals surface area contributed by atoms with E-state index in [-0.39, 0.29) is 23.4 Å². The molecule has 0 aliphatic carbocycles. The maximum absolute atomic E-state index is 13.8. The van der Waals surface area contributed by atoms with E-state index in [1.807, 2.05) is 0 Å². The van der Waals surface area contributed by atoms with E-state index < -0.39 is 32.1 Å². The summed E-state index contributed by atoms with van der Waals surface area (Å²) >= 11 is 2.80. The Labute approximate surface area is 138 Å². The van der Waals surface area contributed by atoms with Crippen molar-refractivity contribution in [3.8, 4) is 0 Å². The van der Waals surface area contributed by atoms with Gasteiger partial charge in [0.1, 0.15) is 16.5 Å². The Bertz CT molecular complexity index is 587. The molecule has 0 unspecified atom stereocenters. The molecule has 0 amide bonds. The quantitative estimate of drug-likeness (QED) is 0.712. The lowest BCUT2D eigenvalue weighted by Crippen LogP contribution is -2.52. The molecule has 0 saturated heterocycles. The van der Waals surface area contributed by atoms with Crippen LogP contribution >= 0.6 is 28.3 Å². The minimum Gasteiger partial charge on any atom is -0.329 e. The van der Waals surface area contributed by atoms with Crippen LogP contribution in [0.3, 0.4) is 0 Å². The zero-order valence-corrected chi connectivity index (χ0v) is 14.8. The lowest BCUT2D eigenvalue weighted by molar-refractivity contribution is 0.362. The van der Waals surface area contributed by atoms with Gasteiger partial charge in [0.25, 0.3) is 0 Å². The number of halogens is 4. The van der Waals surface area contributed by atoms with E-state index >= 15 is 0 Å². The summed E-state index contributed by atoms with van der Waals surface area (Å²) in [6, 6.07) is 1.43. The largest absolute Gasteiger partial charge is 0.329 e.